The van der Waals surface area contributed by atoms with E-state index in [1.54, 1.807) is 28.6 Å². The van der Waals surface area contributed by atoms with Gasteiger partial charge in [-0.3, -0.25) is 18.7 Å². The number of pyridine rings is 1. The molecule has 0 bridgehead atoms. The van der Waals surface area contributed by atoms with Crippen molar-refractivity contribution < 1.29 is 14.3 Å². The summed E-state index contributed by atoms with van der Waals surface area (Å²) >= 11 is 1.38. The van der Waals surface area contributed by atoms with Crippen molar-refractivity contribution in [2.75, 3.05) is 6.61 Å². The first kappa shape index (κ1) is 23.6. The minimum Gasteiger partial charge on any atom is -0.482 e. The van der Waals surface area contributed by atoms with E-state index in [1.165, 1.54) is 11.3 Å². The Balaban J connectivity index is 1.53. The molecule has 0 fully saturated rings. The number of fused-ring (bicyclic) bond motifs is 1. The zero-order chi connectivity index (χ0) is 25.1. The van der Waals surface area contributed by atoms with E-state index in [2.05, 4.69) is 10.2 Å². The standard InChI is InChI=1S/C26H25N5O4S/c1-3-34-26(33)22-23(35-17-18-7-5-4-6-8-18)25(32)31(21-10-12-36-24(21)22)15-19-13-28-30(14-19)16-20-9-11-27-29(20)2/h4-14H,3,15-17H2,1-2H3. The van der Waals surface area contributed by atoms with E-state index in [-0.39, 0.29) is 36.6 Å². The molecule has 5 rings (SSSR count). The van der Waals surface area contributed by atoms with Crippen molar-refractivity contribution >= 4 is 27.5 Å². The van der Waals surface area contributed by atoms with Crippen molar-refractivity contribution in [2.45, 2.75) is 26.6 Å². The lowest BCUT2D eigenvalue weighted by molar-refractivity contribution is 0.0523. The predicted molar refractivity (Wildman–Crippen MR) is 136 cm³/mol. The molecular weight excluding hydrogens is 478 g/mol. The van der Waals surface area contributed by atoms with Crippen LogP contribution in [0.15, 0.2) is 71.2 Å². The van der Waals surface area contributed by atoms with E-state index in [1.807, 2.05) is 65.8 Å². The number of nitrogens with zero attached hydrogens (tertiary/aromatic N) is 5. The minimum atomic E-state index is -0.568. The van der Waals surface area contributed by atoms with Crippen molar-refractivity contribution in [3.05, 3.63) is 99.2 Å². The van der Waals surface area contributed by atoms with Crippen LogP contribution >= 0.6 is 11.3 Å². The molecule has 0 aliphatic rings. The van der Waals surface area contributed by atoms with Gasteiger partial charge in [-0.25, -0.2) is 4.79 Å². The molecule has 10 heteroatoms. The van der Waals surface area contributed by atoms with Gasteiger partial charge in [0, 0.05) is 25.0 Å². The summed E-state index contributed by atoms with van der Waals surface area (Å²) in [6.07, 6.45) is 5.39. The van der Waals surface area contributed by atoms with Gasteiger partial charge in [0.05, 0.1) is 41.8 Å². The lowest BCUT2D eigenvalue weighted by atomic mass is 10.2. The molecule has 9 nitrogen and oxygen atoms in total. The Hall–Kier alpha value is -4.18. The quantitative estimate of drug-likeness (QED) is 0.284. The molecule has 0 amide bonds. The second-order valence-electron chi connectivity index (χ2n) is 8.22. The summed E-state index contributed by atoms with van der Waals surface area (Å²) < 4.78 is 17.2. The van der Waals surface area contributed by atoms with Crippen LogP contribution in [-0.2, 0) is 31.5 Å². The van der Waals surface area contributed by atoms with E-state index >= 15 is 0 Å². The van der Waals surface area contributed by atoms with Gasteiger partial charge in [-0.1, -0.05) is 30.3 Å². The molecule has 5 aromatic rings. The molecule has 36 heavy (non-hydrogen) atoms. The molecule has 0 atom stereocenters. The summed E-state index contributed by atoms with van der Waals surface area (Å²) in [5, 5.41) is 10.5. The molecular formula is C26H25N5O4S. The molecule has 0 spiro atoms. The number of carbonyl (C=O) groups excluding carboxylic acids is 1. The Morgan fingerprint density at radius 3 is 2.64 bits per heavy atom. The van der Waals surface area contributed by atoms with Crippen LogP contribution < -0.4 is 10.3 Å². The second-order valence-corrected chi connectivity index (χ2v) is 9.13. The molecule has 1 aromatic carbocycles. The number of hydrogen-bond acceptors (Lipinski definition) is 7. The number of benzene rings is 1. The maximum Gasteiger partial charge on any atom is 0.343 e. The van der Waals surface area contributed by atoms with Crippen LogP contribution in [0.4, 0.5) is 0 Å². The highest BCUT2D eigenvalue weighted by Gasteiger charge is 2.26. The summed E-state index contributed by atoms with van der Waals surface area (Å²) in [4.78, 5) is 26.7. The molecule has 4 aromatic heterocycles. The third kappa shape index (κ3) is 4.67. The zero-order valence-corrected chi connectivity index (χ0v) is 20.8. The Bertz CT molecular complexity index is 1560. The molecule has 0 saturated heterocycles. The summed E-state index contributed by atoms with van der Waals surface area (Å²) in [6.45, 7) is 2.93. The van der Waals surface area contributed by atoms with Gasteiger partial charge in [0.1, 0.15) is 12.2 Å². The molecule has 0 radical (unpaired) electrons. The van der Waals surface area contributed by atoms with Crippen LogP contribution in [0, 0.1) is 0 Å². The van der Waals surface area contributed by atoms with Gasteiger partial charge in [0.15, 0.2) is 0 Å². The predicted octanol–water partition coefficient (Wildman–Crippen LogP) is 3.85. The van der Waals surface area contributed by atoms with Crippen molar-refractivity contribution in [3.8, 4) is 5.75 Å². The van der Waals surface area contributed by atoms with Gasteiger partial charge >= 0.3 is 5.97 Å². The van der Waals surface area contributed by atoms with Gasteiger partial charge in [-0.05, 0) is 30.0 Å². The van der Waals surface area contributed by atoms with E-state index in [4.69, 9.17) is 9.47 Å². The van der Waals surface area contributed by atoms with E-state index < -0.39 is 5.97 Å². The highest BCUT2D eigenvalue weighted by molar-refractivity contribution is 7.17. The number of aromatic nitrogens is 5. The van der Waals surface area contributed by atoms with Gasteiger partial charge in [0.25, 0.3) is 5.56 Å². The maximum atomic E-state index is 13.7. The van der Waals surface area contributed by atoms with Gasteiger partial charge < -0.3 is 9.47 Å². The minimum absolute atomic E-state index is 0.00507. The van der Waals surface area contributed by atoms with Crippen LogP contribution in [0.2, 0.25) is 0 Å². The summed E-state index contributed by atoms with van der Waals surface area (Å²) in [5.41, 5.74) is 3.19. The molecule has 0 unspecified atom stereocenters. The Morgan fingerprint density at radius 2 is 1.89 bits per heavy atom. The fourth-order valence-electron chi connectivity index (χ4n) is 4.03. The van der Waals surface area contributed by atoms with Gasteiger partial charge in [-0.2, -0.15) is 10.2 Å². The SMILES string of the molecule is CCOC(=O)c1c(OCc2ccccc2)c(=O)n(Cc2cnn(Cc3ccnn3C)c2)c2ccsc12. The Labute approximate surface area is 211 Å². The molecule has 4 heterocycles. The van der Waals surface area contributed by atoms with Crippen molar-refractivity contribution in [2.24, 2.45) is 7.05 Å². The topological polar surface area (TPSA) is 93.2 Å². The average Bonchev–Trinajstić information content (AvgIpc) is 3.63. The van der Waals surface area contributed by atoms with E-state index in [0.29, 0.717) is 16.8 Å². The number of hydrogen-bond donors (Lipinski definition) is 0. The molecule has 0 aliphatic carbocycles. The van der Waals surface area contributed by atoms with Gasteiger partial charge in [-0.15, -0.1) is 11.3 Å². The fourth-order valence-corrected chi connectivity index (χ4v) is 4.96. The first-order chi connectivity index (χ1) is 17.5. The molecule has 0 aliphatic heterocycles. The monoisotopic (exact) mass is 503 g/mol. The fraction of sp³-hybridized carbons (Fsp3) is 0.231. The number of thiophene rings is 1. The van der Waals surface area contributed by atoms with Crippen LogP contribution in [0.1, 0.15) is 34.1 Å². The van der Waals surface area contributed by atoms with Crippen molar-refractivity contribution in [1.82, 2.24) is 24.1 Å². The molecule has 184 valence electrons. The molecule has 0 saturated carbocycles. The Kier molecular flexibility index (Phi) is 6.68. The largest absolute Gasteiger partial charge is 0.482 e. The van der Waals surface area contributed by atoms with Crippen molar-refractivity contribution in [1.29, 1.82) is 0 Å². The van der Waals surface area contributed by atoms with Crippen molar-refractivity contribution in [3.63, 3.8) is 0 Å². The number of carbonyl (C=O) groups is 1. The highest BCUT2D eigenvalue weighted by atomic mass is 32.1. The van der Waals surface area contributed by atoms with Crippen LogP contribution in [0.3, 0.4) is 0 Å². The third-order valence-corrected chi connectivity index (χ3v) is 6.73. The van der Waals surface area contributed by atoms with Crippen LogP contribution in [0.5, 0.6) is 5.75 Å². The summed E-state index contributed by atoms with van der Waals surface area (Å²) in [6, 6.07) is 13.3. The Morgan fingerprint density at radius 1 is 1.06 bits per heavy atom. The normalized spacial score (nSPS) is 11.2. The van der Waals surface area contributed by atoms with E-state index in [0.717, 1.165) is 16.8 Å². The lowest BCUT2D eigenvalue weighted by Gasteiger charge is -2.15. The zero-order valence-electron chi connectivity index (χ0n) is 20.0. The summed E-state index contributed by atoms with van der Waals surface area (Å²) in [7, 11) is 1.88. The number of aryl methyl sites for hydroxylation is 1. The number of rotatable bonds is 9. The van der Waals surface area contributed by atoms with E-state index in [9.17, 15) is 9.59 Å². The summed E-state index contributed by atoms with van der Waals surface area (Å²) in [5.74, 6) is -0.573. The maximum absolute atomic E-state index is 13.7. The number of ether oxygens (including phenoxy) is 2. The highest BCUT2D eigenvalue weighted by Crippen LogP contribution is 2.31. The third-order valence-electron chi connectivity index (χ3n) is 5.81. The van der Waals surface area contributed by atoms with Gasteiger partial charge in [0.2, 0.25) is 5.75 Å². The first-order valence-electron chi connectivity index (χ1n) is 11.5. The second kappa shape index (κ2) is 10.2. The number of esters is 1. The molecule has 0 N–H and O–H groups in total. The smallest absolute Gasteiger partial charge is 0.343 e. The first-order valence-corrected chi connectivity index (χ1v) is 12.4. The van der Waals surface area contributed by atoms with Crippen LogP contribution in [0.25, 0.3) is 10.2 Å². The average molecular weight is 504 g/mol. The lowest BCUT2D eigenvalue weighted by Crippen LogP contribution is -2.26. The van der Waals surface area contributed by atoms with Crippen LogP contribution in [-0.4, -0.2) is 36.7 Å².